The summed E-state index contributed by atoms with van der Waals surface area (Å²) in [5, 5.41) is 6.52. The third-order valence-electron chi connectivity index (χ3n) is 3.86. The van der Waals surface area contributed by atoms with Gasteiger partial charge in [0.1, 0.15) is 5.75 Å². The van der Waals surface area contributed by atoms with Crippen molar-refractivity contribution in [2.75, 3.05) is 12.4 Å². The predicted molar refractivity (Wildman–Crippen MR) is 89.9 cm³/mol. The van der Waals surface area contributed by atoms with Crippen LogP contribution in [0.25, 0.3) is 16.8 Å². The maximum Gasteiger partial charge on any atom is 0.253 e. The highest BCUT2D eigenvalue weighted by molar-refractivity contribution is 5.80. The number of H-pyrrole nitrogens is 1. The molecule has 0 aliphatic heterocycles. The zero-order valence-corrected chi connectivity index (χ0v) is 13.0. The van der Waals surface area contributed by atoms with Crippen molar-refractivity contribution in [2.45, 2.75) is 13.5 Å². The number of fused-ring (bicyclic) bond motifs is 3. The van der Waals surface area contributed by atoms with Gasteiger partial charge in [-0.1, -0.05) is 24.3 Å². The number of methoxy groups -OCH3 is 1. The van der Waals surface area contributed by atoms with Gasteiger partial charge in [0.05, 0.1) is 18.1 Å². The predicted octanol–water partition coefficient (Wildman–Crippen LogP) is 3.14. The molecule has 0 unspecified atom stereocenters. The second kappa shape index (κ2) is 5.31. The van der Waals surface area contributed by atoms with Gasteiger partial charge in [0.2, 0.25) is 5.95 Å². The van der Waals surface area contributed by atoms with Crippen LogP contribution in [0.15, 0.2) is 42.5 Å². The number of hydrogen-bond donors (Lipinski definition) is 2. The smallest absolute Gasteiger partial charge is 0.253 e. The van der Waals surface area contributed by atoms with Gasteiger partial charge in [-0.2, -0.15) is 4.98 Å². The van der Waals surface area contributed by atoms with Gasteiger partial charge < -0.3 is 10.1 Å². The average molecular weight is 307 g/mol. The highest BCUT2D eigenvalue weighted by Crippen LogP contribution is 2.20. The summed E-state index contributed by atoms with van der Waals surface area (Å²) >= 11 is 0. The van der Waals surface area contributed by atoms with Crippen LogP contribution in [0.1, 0.15) is 11.1 Å². The first kappa shape index (κ1) is 13.6. The molecule has 0 bridgehead atoms. The van der Waals surface area contributed by atoms with Crippen LogP contribution in [-0.4, -0.2) is 26.7 Å². The van der Waals surface area contributed by atoms with Gasteiger partial charge in [-0.3, -0.25) is 5.10 Å². The summed E-state index contributed by atoms with van der Waals surface area (Å²) in [6.07, 6.45) is 0. The van der Waals surface area contributed by atoms with Crippen molar-refractivity contribution in [1.29, 1.82) is 0 Å². The Morgan fingerprint density at radius 1 is 1.17 bits per heavy atom. The quantitative estimate of drug-likeness (QED) is 0.608. The summed E-state index contributed by atoms with van der Waals surface area (Å²) in [5.41, 5.74) is 4.22. The zero-order chi connectivity index (χ0) is 15.8. The molecule has 116 valence electrons. The van der Waals surface area contributed by atoms with Crippen molar-refractivity contribution >= 4 is 22.8 Å². The zero-order valence-electron chi connectivity index (χ0n) is 13.0. The first-order chi connectivity index (χ1) is 11.2. The summed E-state index contributed by atoms with van der Waals surface area (Å²) < 4.78 is 7.25. The summed E-state index contributed by atoms with van der Waals surface area (Å²) in [4.78, 5) is 9.04. The Labute approximate surface area is 133 Å². The highest BCUT2D eigenvalue weighted by atomic mass is 16.5. The van der Waals surface area contributed by atoms with Crippen molar-refractivity contribution in [3.63, 3.8) is 0 Å². The molecule has 0 aliphatic rings. The summed E-state index contributed by atoms with van der Waals surface area (Å²) in [7, 11) is 1.67. The molecule has 0 aliphatic carbocycles. The van der Waals surface area contributed by atoms with E-state index in [1.54, 1.807) is 7.11 Å². The molecule has 2 aromatic heterocycles. The SMILES string of the molecule is COc1ccccc1CNc1nc2nc3cc(C)ccc3n2[nH]1. The molecule has 23 heavy (non-hydrogen) atoms. The van der Waals surface area contributed by atoms with Crippen LogP contribution < -0.4 is 10.1 Å². The molecule has 6 heteroatoms. The molecule has 0 radical (unpaired) electrons. The van der Waals surface area contributed by atoms with E-state index in [-0.39, 0.29) is 0 Å². The Kier molecular flexibility index (Phi) is 3.15. The Morgan fingerprint density at radius 3 is 2.91 bits per heavy atom. The third-order valence-corrected chi connectivity index (χ3v) is 3.86. The maximum atomic E-state index is 5.36. The molecule has 0 saturated carbocycles. The number of benzene rings is 2. The number of nitrogens with zero attached hydrogens (tertiary/aromatic N) is 3. The highest BCUT2D eigenvalue weighted by Gasteiger charge is 2.10. The van der Waals surface area contributed by atoms with Crippen LogP contribution in [0.4, 0.5) is 5.95 Å². The van der Waals surface area contributed by atoms with Gasteiger partial charge in [0.15, 0.2) is 0 Å². The number of anilines is 1. The number of rotatable bonds is 4. The fraction of sp³-hybridized carbons (Fsp3) is 0.176. The number of ether oxygens (including phenoxy) is 1. The lowest BCUT2D eigenvalue weighted by atomic mass is 10.2. The monoisotopic (exact) mass is 307 g/mol. The average Bonchev–Trinajstić information content (AvgIpc) is 3.09. The number of aryl methyl sites for hydroxylation is 1. The Morgan fingerprint density at radius 2 is 2.04 bits per heavy atom. The summed E-state index contributed by atoms with van der Waals surface area (Å²) in [6, 6.07) is 14.1. The van der Waals surface area contributed by atoms with Crippen molar-refractivity contribution in [2.24, 2.45) is 0 Å². The lowest BCUT2D eigenvalue weighted by Crippen LogP contribution is -2.03. The molecule has 0 atom stereocenters. The molecule has 6 nitrogen and oxygen atoms in total. The standard InChI is InChI=1S/C17H17N5O/c1-11-7-8-14-13(9-11)19-17-20-16(21-22(14)17)18-10-12-5-3-4-6-15(12)23-2/h3-9H,10H2,1-2H3,(H2,18,19,20,21). The Hall–Kier alpha value is -3.02. The minimum Gasteiger partial charge on any atom is -0.496 e. The Bertz CT molecular complexity index is 985. The van der Waals surface area contributed by atoms with Crippen molar-refractivity contribution in [3.8, 4) is 5.75 Å². The molecular formula is C17H17N5O. The molecule has 4 aromatic rings. The van der Waals surface area contributed by atoms with Crippen LogP contribution in [0.3, 0.4) is 0 Å². The van der Waals surface area contributed by atoms with Crippen LogP contribution in [0.2, 0.25) is 0 Å². The number of imidazole rings is 1. The Balaban J connectivity index is 1.62. The number of hydrogen-bond acceptors (Lipinski definition) is 4. The lowest BCUT2D eigenvalue weighted by Gasteiger charge is -2.08. The van der Waals surface area contributed by atoms with E-state index in [0.717, 1.165) is 22.3 Å². The first-order valence-corrected chi connectivity index (χ1v) is 7.45. The van der Waals surface area contributed by atoms with Crippen LogP contribution in [0.5, 0.6) is 5.75 Å². The topological polar surface area (TPSA) is 67.2 Å². The first-order valence-electron chi connectivity index (χ1n) is 7.45. The molecule has 0 saturated heterocycles. The van der Waals surface area contributed by atoms with E-state index < -0.39 is 0 Å². The maximum absolute atomic E-state index is 5.36. The van der Waals surface area contributed by atoms with Gasteiger partial charge in [-0.15, -0.1) is 0 Å². The van der Waals surface area contributed by atoms with Crippen LogP contribution in [-0.2, 0) is 6.54 Å². The normalized spacial score (nSPS) is 11.2. The van der Waals surface area contributed by atoms with Gasteiger partial charge >= 0.3 is 0 Å². The van der Waals surface area contributed by atoms with Gasteiger partial charge in [0, 0.05) is 12.1 Å². The van der Waals surface area contributed by atoms with E-state index in [1.807, 2.05) is 34.8 Å². The van der Waals surface area contributed by atoms with E-state index in [4.69, 9.17) is 4.74 Å². The second-order valence-corrected chi connectivity index (χ2v) is 5.48. The minimum absolute atomic E-state index is 0.623. The second-order valence-electron chi connectivity index (χ2n) is 5.48. The molecule has 2 N–H and O–H groups in total. The van der Waals surface area contributed by atoms with Crippen molar-refractivity contribution in [1.82, 2.24) is 19.6 Å². The van der Waals surface area contributed by atoms with Crippen molar-refractivity contribution < 1.29 is 4.74 Å². The van der Waals surface area contributed by atoms with Crippen molar-refractivity contribution in [3.05, 3.63) is 53.6 Å². The molecule has 0 spiro atoms. The van der Waals surface area contributed by atoms with Gasteiger partial charge in [0.25, 0.3) is 5.78 Å². The fourth-order valence-electron chi connectivity index (χ4n) is 2.70. The number of nitrogens with one attached hydrogen (secondary N) is 2. The third kappa shape index (κ3) is 2.38. The minimum atomic E-state index is 0.623. The summed E-state index contributed by atoms with van der Waals surface area (Å²) in [5.74, 6) is 2.20. The summed E-state index contributed by atoms with van der Waals surface area (Å²) in [6.45, 7) is 2.68. The van der Waals surface area contributed by atoms with Crippen LogP contribution in [0, 0.1) is 6.92 Å². The largest absolute Gasteiger partial charge is 0.496 e. The van der Waals surface area contributed by atoms with E-state index in [1.165, 1.54) is 5.56 Å². The molecular weight excluding hydrogens is 290 g/mol. The van der Waals surface area contributed by atoms with Crippen LogP contribution >= 0.6 is 0 Å². The fourth-order valence-corrected chi connectivity index (χ4v) is 2.70. The van der Waals surface area contributed by atoms with Gasteiger partial charge in [-0.25, -0.2) is 9.50 Å². The van der Waals surface area contributed by atoms with E-state index in [9.17, 15) is 0 Å². The molecule has 0 fully saturated rings. The molecule has 0 amide bonds. The molecule has 2 heterocycles. The number of aromatic nitrogens is 4. The molecule has 2 aromatic carbocycles. The van der Waals surface area contributed by atoms with E-state index >= 15 is 0 Å². The number of aromatic amines is 1. The van der Waals surface area contributed by atoms with Gasteiger partial charge in [-0.05, 0) is 30.7 Å². The van der Waals surface area contributed by atoms with E-state index in [0.29, 0.717) is 18.3 Å². The molecule has 4 rings (SSSR count). The lowest BCUT2D eigenvalue weighted by molar-refractivity contribution is 0.410. The number of para-hydroxylation sites is 1. The van der Waals surface area contributed by atoms with E-state index in [2.05, 4.69) is 39.4 Å².